The van der Waals surface area contributed by atoms with Crippen LogP contribution in [0.3, 0.4) is 0 Å². The van der Waals surface area contributed by atoms with Gasteiger partial charge in [0, 0.05) is 38.6 Å². The van der Waals surface area contributed by atoms with E-state index < -0.39 is 0 Å². The fourth-order valence-electron chi connectivity index (χ4n) is 2.43. The Morgan fingerprint density at radius 2 is 2.05 bits per heavy atom. The van der Waals surface area contributed by atoms with Crippen LogP contribution in [0.5, 0.6) is 0 Å². The number of guanidine groups is 1. The first-order valence-corrected chi connectivity index (χ1v) is 7.28. The fraction of sp³-hybridized carbons (Fsp3) is 0.714. The van der Waals surface area contributed by atoms with Gasteiger partial charge in [-0.2, -0.15) is 5.10 Å². The first-order chi connectivity index (χ1) is 9.25. The van der Waals surface area contributed by atoms with Crippen LogP contribution in [0.1, 0.15) is 32.6 Å². The van der Waals surface area contributed by atoms with E-state index in [9.17, 15) is 0 Å². The standard InChI is InChI=1S/C14H25N5/c1-13(12-19-10-6-7-17-19)11-16-14(15)18-8-4-2-3-5-9-18/h6-7,10,13H,2-5,8-9,11-12H2,1H3,(H2,15,16). The molecule has 0 bridgehead atoms. The van der Waals surface area contributed by atoms with E-state index in [1.54, 1.807) is 0 Å². The third kappa shape index (κ3) is 4.58. The van der Waals surface area contributed by atoms with Crippen LogP contribution in [0.15, 0.2) is 23.5 Å². The van der Waals surface area contributed by atoms with Gasteiger partial charge in [0.25, 0.3) is 0 Å². The molecule has 0 aliphatic carbocycles. The van der Waals surface area contributed by atoms with Crippen molar-refractivity contribution in [2.24, 2.45) is 16.6 Å². The topological polar surface area (TPSA) is 59.4 Å². The van der Waals surface area contributed by atoms with Gasteiger partial charge in [-0.3, -0.25) is 9.67 Å². The van der Waals surface area contributed by atoms with E-state index in [1.807, 2.05) is 23.1 Å². The Bertz CT molecular complexity index is 377. The molecule has 19 heavy (non-hydrogen) atoms. The number of hydrogen-bond donors (Lipinski definition) is 1. The molecular formula is C14H25N5. The van der Waals surface area contributed by atoms with E-state index in [0.29, 0.717) is 11.9 Å². The van der Waals surface area contributed by atoms with Crippen LogP contribution in [0.4, 0.5) is 0 Å². The van der Waals surface area contributed by atoms with Crippen LogP contribution in [0.2, 0.25) is 0 Å². The monoisotopic (exact) mass is 263 g/mol. The summed E-state index contributed by atoms with van der Waals surface area (Å²) in [5.41, 5.74) is 6.09. The molecule has 2 rings (SSSR count). The molecule has 1 aromatic heterocycles. The predicted molar refractivity (Wildman–Crippen MR) is 77.9 cm³/mol. The molecule has 5 heteroatoms. The highest BCUT2D eigenvalue weighted by Crippen LogP contribution is 2.09. The quantitative estimate of drug-likeness (QED) is 0.664. The summed E-state index contributed by atoms with van der Waals surface area (Å²) in [6.07, 6.45) is 8.90. The molecule has 1 aromatic rings. The molecule has 1 saturated heterocycles. The lowest BCUT2D eigenvalue weighted by atomic mass is 10.2. The van der Waals surface area contributed by atoms with Crippen LogP contribution in [0, 0.1) is 5.92 Å². The molecule has 0 spiro atoms. The second-order valence-electron chi connectivity index (χ2n) is 5.43. The van der Waals surface area contributed by atoms with Gasteiger partial charge < -0.3 is 10.6 Å². The third-order valence-electron chi connectivity index (χ3n) is 3.55. The smallest absolute Gasteiger partial charge is 0.191 e. The number of nitrogens with two attached hydrogens (primary N) is 1. The summed E-state index contributed by atoms with van der Waals surface area (Å²) < 4.78 is 1.95. The summed E-state index contributed by atoms with van der Waals surface area (Å²) in [5, 5.41) is 4.21. The lowest BCUT2D eigenvalue weighted by molar-refractivity contribution is 0.420. The highest BCUT2D eigenvalue weighted by Gasteiger charge is 2.11. The SMILES string of the molecule is CC(CN=C(N)N1CCCCCC1)Cn1cccn1. The van der Waals surface area contributed by atoms with E-state index in [1.165, 1.54) is 25.7 Å². The van der Waals surface area contributed by atoms with Crippen molar-refractivity contribution in [3.8, 4) is 0 Å². The van der Waals surface area contributed by atoms with Gasteiger partial charge in [0.2, 0.25) is 0 Å². The van der Waals surface area contributed by atoms with Crippen molar-refractivity contribution in [1.29, 1.82) is 0 Å². The van der Waals surface area contributed by atoms with E-state index in [2.05, 4.69) is 21.9 Å². The van der Waals surface area contributed by atoms with Gasteiger partial charge in [0.15, 0.2) is 5.96 Å². The second-order valence-corrected chi connectivity index (χ2v) is 5.43. The maximum atomic E-state index is 6.09. The second kappa shape index (κ2) is 7.16. The number of likely N-dealkylation sites (tertiary alicyclic amines) is 1. The Hall–Kier alpha value is -1.52. The summed E-state index contributed by atoms with van der Waals surface area (Å²) in [5.74, 6) is 1.17. The Kier molecular flexibility index (Phi) is 5.24. The van der Waals surface area contributed by atoms with Crippen molar-refractivity contribution in [3.63, 3.8) is 0 Å². The van der Waals surface area contributed by atoms with E-state index in [0.717, 1.165) is 26.2 Å². The van der Waals surface area contributed by atoms with Crippen molar-refractivity contribution in [2.75, 3.05) is 19.6 Å². The van der Waals surface area contributed by atoms with E-state index in [4.69, 9.17) is 5.73 Å². The summed E-state index contributed by atoms with van der Waals surface area (Å²) in [6, 6.07) is 1.95. The average Bonchev–Trinajstić information content (AvgIpc) is 2.76. The van der Waals surface area contributed by atoms with Crippen molar-refractivity contribution < 1.29 is 0 Å². The van der Waals surface area contributed by atoms with Crippen LogP contribution in [-0.4, -0.2) is 40.3 Å². The molecule has 106 valence electrons. The highest BCUT2D eigenvalue weighted by atomic mass is 15.3. The fourth-order valence-corrected chi connectivity index (χ4v) is 2.43. The molecule has 0 amide bonds. The van der Waals surface area contributed by atoms with Crippen molar-refractivity contribution in [3.05, 3.63) is 18.5 Å². The molecule has 2 N–H and O–H groups in total. The van der Waals surface area contributed by atoms with E-state index >= 15 is 0 Å². The van der Waals surface area contributed by atoms with E-state index in [-0.39, 0.29) is 0 Å². The predicted octanol–water partition coefficient (Wildman–Crippen LogP) is 1.71. The minimum atomic E-state index is 0.449. The van der Waals surface area contributed by atoms with Crippen molar-refractivity contribution >= 4 is 5.96 Å². The lowest BCUT2D eigenvalue weighted by Crippen LogP contribution is -2.38. The minimum Gasteiger partial charge on any atom is -0.370 e. The van der Waals surface area contributed by atoms with Gasteiger partial charge in [-0.15, -0.1) is 0 Å². The van der Waals surface area contributed by atoms with Gasteiger partial charge >= 0.3 is 0 Å². The number of aliphatic imine (C=N–C) groups is 1. The molecule has 0 radical (unpaired) electrons. The zero-order chi connectivity index (χ0) is 13.5. The lowest BCUT2D eigenvalue weighted by Gasteiger charge is -2.21. The molecule has 1 aliphatic rings. The molecule has 0 aromatic carbocycles. The minimum absolute atomic E-state index is 0.449. The summed E-state index contributed by atoms with van der Waals surface area (Å²) in [6.45, 7) is 5.96. The Morgan fingerprint density at radius 1 is 1.32 bits per heavy atom. The third-order valence-corrected chi connectivity index (χ3v) is 3.55. The summed E-state index contributed by atoms with van der Waals surface area (Å²) in [4.78, 5) is 6.78. The van der Waals surface area contributed by atoms with Gasteiger partial charge in [-0.05, 0) is 24.8 Å². The average molecular weight is 263 g/mol. The van der Waals surface area contributed by atoms with Crippen molar-refractivity contribution in [1.82, 2.24) is 14.7 Å². The maximum absolute atomic E-state index is 6.09. The zero-order valence-corrected chi connectivity index (χ0v) is 11.8. The number of nitrogens with zero attached hydrogens (tertiary/aromatic N) is 4. The summed E-state index contributed by atoms with van der Waals surface area (Å²) >= 11 is 0. The van der Waals surface area contributed by atoms with Crippen molar-refractivity contribution in [2.45, 2.75) is 39.2 Å². The molecule has 0 saturated carbocycles. The Labute approximate surface area is 115 Å². The molecule has 1 fully saturated rings. The molecule has 2 heterocycles. The largest absolute Gasteiger partial charge is 0.370 e. The van der Waals surface area contributed by atoms with Crippen LogP contribution >= 0.6 is 0 Å². The Balaban J connectivity index is 1.79. The molecule has 1 atom stereocenters. The maximum Gasteiger partial charge on any atom is 0.191 e. The molecule has 5 nitrogen and oxygen atoms in total. The number of aromatic nitrogens is 2. The van der Waals surface area contributed by atoms with Crippen LogP contribution in [-0.2, 0) is 6.54 Å². The van der Waals surface area contributed by atoms with Crippen LogP contribution < -0.4 is 5.73 Å². The first kappa shape index (κ1) is 13.9. The normalized spacial score (nSPS) is 19.2. The first-order valence-electron chi connectivity index (χ1n) is 7.28. The van der Waals surface area contributed by atoms with Gasteiger partial charge in [0.1, 0.15) is 0 Å². The summed E-state index contributed by atoms with van der Waals surface area (Å²) in [7, 11) is 0. The number of hydrogen-bond acceptors (Lipinski definition) is 2. The highest BCUT2D eigenvalue weighted by molar-refractivity contribution is 5.78. The molecular weight excluding hydrogens is 238 g/mol. The molecule has 1 aliphatic heterocycles. The van der Waals surface area contributed by atoms with Gasteiger partial charge in [-0.1, -0.05) is 19.8 Å². The van der Waals surface area contributed by atoms with Gasteiger partial charge in [0.05, 0.1) is 0 Å². The molecule has 1 unspecified atom stereocenters. The van der Waals surface area contributed by atoms with Gasteiger partial charge in [-0.25, -0.2) is 0 Å². The Morgan fingerprint density at radius 3 is 2.68 bits per heavy atom. The number of rotatable bonds is 4. The zero-order valence-electron chi connectivity index (χ0n) is 11.8. The van der Waals surface area contributed by atoms with Crippen LogP contribution in [0.25, 0.3) is 0 Å².